The molecule has 1 atom stereocenters. The number of aliphatic hydroxyl groups excluding tert-OH is 1. The Kier molecular flexibility index (Phi) is 6.46. The number of rotatable bonds is 3. The van der Waals surface area contributed by atoms with Crippen LogP contribution in [0.3, 0.4) is 0 Å². The van der Waals surface area contributed by atoms with Gasteiger partial charge in [-0.1, -0.05) is 24.3 Å². The molecule has 120 valence electrons. The van der Waals surface area contributed by atoms with Gasteiger partial charge in [-0.25, -0.2) is 4.79 Å². The van der Waals surface area contributed by atoms with Crippen molar-refractivity contribution in [3.63, 3.8) is 0 Å². The van der Waals surface area contributed by atoms with Crippen molar-refractivity contribution in [2.75, 3.05) is 13.7 Å². The van der Waals surface area contributed by atoms with Crippen molar-refractivity contribution < 1.29 is 19.4 Å². The van der Waals surface area contributed by atoms with Gasteiger partial charge < -0.3 is 14.6 Å². The van der Waals surface area contributed by atoms with Crippen LogP contribution >= 0.6 is 0 Å². The molecule has 0 radical (unpaired) electrons. The summed E-state index contributed by atoms with van der Waals surface area (Å²) in [5.74, 6) is 0.176. The molecule has 1 heterocycles. The molecular formula is C18H24O4. The molecule has 1 N–H and O–H groups in total. The van der Waals surface area contributed by atoms with Crippen LogP contribution in [0, 0.1) is 0 Å². The number of carbonyl (C=O) groups is 1. The van der Waals surface area contributed by atoms with Gasteiger partial charge in [0.15, 0.2) is 0 Å². The monoisotopic (exact) mass is 304 g/mol. The van der Waals surface area contributed by atoms with Crippen molar-refractivity contribution in [3.05, 3.63) is 41.5 Å². The van der Waals surface area contributed by atoms with Crippen LogP contribution in [0.1, 0.15) is 48.0 Å². The van der Waals surface area contributed by atoms with E-state index in [0.29, 0.717) is 24.2 Å². The molecule has 4 nitrogen and oxygen atoms in total. The number of ether oxygens (including phenoxy) is 2. The van der Waals surface area contributed by atoms with Crippen LogP contribution in [0.15, 0.2) is 30.4 Å². The number of aliphatic hydroxyl groups is 1. The predicted molar refractivity (Wildman–Crippen MR) is 85.2 cm³/mol. The van der Waals surface area contributed by atoms with E-state index in [0.717, 1.165) is 31.2 Å². The maximum Gasteiger partial charge on any atom is 0.342 e. The SMILES string of the molecule is COc1cccc2c1C(=O)O[C@@H](CCO)CCCC/C=C/C2. The highest BCUT2D eigenvalue weighted by molar-refractivity contribution is 5.94. The summed E-state index contributed by atoms with van der Waals surface area (Å²) in [5.41, 5.74) is 1.40. The fourth-order valence-electron chi connectivity index (χ4n) is 2.73. The quantitative estimate of drug-likeness (QED) is 0.688. The molecule has 0 aliphatic carbocycles. The minimum absolute atomic E-state index is 0.0244. The molecule has 1 aliphatic heterocycles. The van der Waals surface area contributed by atoms with Gasteiger partial charge in [0, 0.05) is 13.0 Å². The number of methoxy groups -OCH3 is 1. The molecule has 0 fully saturated rings. The van der Waals surface area contributed by atoms with Gasteiger partial charge in [-0.3, -0.25) is 0 Å². The summed E-state index contributed by atoms with van der Waals surface area (Å²) < 4.78 is 11.0. The number of hydrogen-bond acceptors (Lipinski definition) is 4. The van der Waals surface area contributed by atoms with Gasteiger partial charge in [-0.15, -0.1) is 0 Å². The third-order valence-corrected chi connectivity index (χ3v) is 3.91. The van der Waals surface area contributed by atoms with Gasteiger partial charge in [0.2, 0.25) is 0 Å². The van der Waals surface area contributed by atoms with E-state index in [1.54, 1.807) is 13.2 Å². The highest BCUT2D eigenvalue weighted by Gasteiger charge is 2.22. The van der Waals surface area contributed by atoms with Crippen LogP contribution in [0.2, 0.25) is 0 Å². The molecule has 1 aromatic carbocycles. The Bertz CT molecular complexity index is 522. The van der Waals surface area contributed by atoms with E-state index in [2.05, 4.69) is 12.2 Å². The fourth-order valence-corrected chi connectivity index (χ4v) is 2.73. The second kappa shape index (κ2) is 8.59. The molecule has 4 heteroatoms. The molecule has 22 heavy (non-hydrogen) atoms. The van der Waals surface area contributed by atoms with E-state index in [9.17, 15) is 4.79 Å². The lowest BCUT2D eigenvalue weighted by Gasteiger charge is -2.19. The summed E-state index contributed by atoms with van der Waals surface area (Å²) in [6.07, 6.45) is 9.05. The zero-order valence-corrected chi connectivity index (χ0v) is 13.1. The second-order valence-electron chi connectivity index (χ2n) is 5.49. The molecule has 1 aromatic rings. The van der Waals surface area contributed by atoms with Gasteiger partial charge >= 0.3 is 5.97 Å². The first-order valence-corrected chi connectivity index (χ1v) is 7.89. The van der Waals surface area contributed by atoms with Gasteiger partial charge in [0.25, 0.3) is 0 Å². The molecule has 0 bridgehead atoms. The number of hydrogen-bond donors (Lipinski definition) is 1. The van der Waals surface area contributed by atoms with Crippen LogP contribution < -0.4 is 4.74 Å². The van der Waals surface area contributed by atoms with E-state index in [1.165, 1.54) is 0 Å². The lowest BCUT2D eigenvalue weighted by Crippen LogP contribution is -2.21. The summed E-state index contributed by atoms with van der Waals surface area (Å²) in [6.45, 7) is 0.0244. The maximum absolute atomic E-state index is 12.6. The van der Waals surface area contributed by atoms with E-state index < -0.39 is 0 Å². The maximum atomic E-state index is 12.6. The zero-order valence-electron chi connectivity index (χ0n) is 13.1. The van der Waals surface area contributed by atoms with E-state index in [4.69, 9.17) is 14.6 Å². The van der Waals surface area contributed by atoms with Gasteiger partial charge in [-0.2, -0.15) is 0 Å². The third kappa shape index (κ3) is 4.34. The van der Waals surface area contributed by atoms with Crippen LogP contribution in [-0.2, 0) is 11.2 Å². The molecule has 0 amide bonds. The standard InChI is InChI=1S/C18H24O4/c1-21-16-11-7-9-14-8-5-3-2-4-6-10-15(12-13-19)22-18(20)17(14)16/h3,5,7,9,11,15,19H,2,4,6,8,10,12-13H2,1H3/b5-3+/t15-/m1/s1. The van der Waals surface area contributed by atoms with E-state index >= 15 is 0 Å². The number of fused-ring (bicyclic) bond motifs is 1. The molecule has 0 saturated heterocycles. The van der Waals surface area contributed by atoms with Crippen LogP contribution in [0.25, 0.3) is 0 Å². The minimum Gasteiger partial charge on any atom is -0.496 e. The number of carbonyl (C=O) groups excluding carboxylic acids is 1. The average Bonchev–Trinajstić information content (AvgIpc) is 2.52. The first-order valence-electron chi connectivity index (χ1n) is 7.89. The Balaban J connectivity index is 2.32. The molecule has 0 unspecified atom stereocenters. The average molecular weight is 304 g/mol. The molecule has 0 aromatic heterocycles. The van der Waals surface area contributed by atoms with Crippen molar-refractivity contribution in [3.8, 4) is 5.75 Å². The number of cyclic esters (lactones) is 1. The molecule has 0 spiro atoms. The van der Waals surface area contributed by atoms with Gasteiger partial charge in [0.1, 0.15) is 17.4 Å². The Labute approximate surface area is 131 Å². The van der Waals surface area contributed by atoms with Crippen LogP contribution in [0.5, 0.6) is 5.75 Å². The predicted octanol–water partition coefficient (Wildman–Crippen LogP) is 3.28. The first-order chi connectivity index (χ1) is 10.8. The fraction of sp³-hybridized carbons (Fsp3) is 0.500. The normalized spacial score (nSPS) is 21.0. The summed E-state index contributed by atoms with van der Waals surface area (Å²) in [5, 5.41) is 9.16. The molecular weight excluding hydrogens is 280 g/mol. The Morgan fingerprint density at radius 2 is 2.18 bits per heavy atom. The van der Waals surface area contributed by atoms with E-state index in [-0.39, 0.29) is 18.7 Å². The highest BCUT2D eigenvalue weighted by Crippen LogP contribution is 2.26. The van der Waals surface area contributed by atoms with E-state index in [1.807, 2.05) is 12.1 Å². The summed E-state index contributed by atoms with van der Waals surface area (Å²) >= 11 is 0. The van der Waals surface area contributed by atoms with Crippen molar-refractivity contribution in [2.45, 2.75) is 44.6 Å². The zero-order chi connectivity index (χ0) is 15.8. The minimum atomic E-state index is -0.361. The summed E-state index contributed by atoms with van der Waals surface area (Å²) in [4.78, 5) is 12.6. The molecule has 1 aliphatic rings. The Morgan fingerprint density at radius 1 is 1.32 bits per heavy atom. The smallest absolute Gasteiger partial charge is 0.342 e. The lowest BCUT2D eigenvalue weighted by atomic mass is 10.0. The Hall–Kier alpha value is -1.81. The van der Waals surface area contributed by atoms with Crippen molar-refractivity contribution in [1.82, 2.24) is 0 Å². The largest absolute Gasteiger partial charge is 0.496 e. The second-order valence-corrected chi connectivity index (χ2v) is 5.49. The number of esters is 1. The topological polar surface area (TPSA) is 55.8 Å². The van der Waals surface area contributed by atoms with Crippen molar-refractivity contribution in [1.29, 1.82) is 0 Å². The summed E-state index contributed by atoms with van der Waals surface area (Å²) in [7, 11) is 1.56. The number of benzene rings is 1. The molecule has 0 saturated carbocycles. The van der Waals surface area contributed by atoms with Crippen LogP contribution in [0.4, 0.5) is 0 Å². The highest BCUT2D eigenvalue weighted by atomic mass is 16.5. The van der Waals surface area contributed by atoms with Crippen molar-refractivity contribution in [2.24, 2.45) is 0 Å². The van der Waals surface area contributed by atoms with Gasteiger partial charge in [-0.05, 0) is 43.7 Å². The van der Waals surface area contributed by atoms with Gasteiger partial charge in [0.05, 0.1) is 7.11 Å². The lowest BCUT2D eigenvalue weighted by molar-refractivity contribution is 0.0210. The van der Waals surface area contributed by atoms with Crippen molar-refractivity contribution >= 4 is 5.97 Å². The Morgan fingerprint density at radius 3 is 2.95 bits per heavy atom. The first kappa shape index (κ1) is 16.6. The molecule has 2 rings (SSSR count). The van der Waals surface area contributed by atoms with Crippen LogP contribution in [-0.4, -0.2) is 30.9 Å². The summed E-state index contributed by atoms with van der Waals surface area (Å²) in [6, 6.07) is 5.59. The third-order valence-electron chi connectivity index (χ3n) is 3.91. The number of allylic oxidation sites excluding steroid dienone is 2.